The summed E-state index contributed by atoms with van der Waals surface area (Å²) >= 11 is 2.83. The van der Waals surface area contributed by atoms with Crippen LogP contribution >= 0.6 is 23.1 Å². The van der Waals surface area contributed by atoms with E-state index in [1.807, 2.05) is 4.90 Å². The lowest BCUT2D eigenvalue weighted by Crippen LogP contribution is -2.38. The number of benzene rings is 1. The number of sulfonamides is 1. The Balaban J connectivity index is 1.47. The van der Waals surface area contributed by atoms with E-state index in [0.717, 1.165) is 48.8 Å². The first-order chi connectivity index (χ1) is 14.5. The smallest absolute Gasteiger partial charge is 0.267 e. The van der Waals surface area contributed by atoms with Crippen molar-refractivity contribution in [3.8, 4) is 0 Å². The number of nitrogens with one attached hydrogen (secondary N) is 1. The lowest BCUT2D eigenvalue weighted by atomic mass is 10.2. The molecule has 30 heavy (non-hydrogen) atoms. The molecule has 2 aliphatic heterocycles. The Kier molecular flexibility index (Phi) is 6.47. The second kappa shape index (κ2) is 9.09. The molecule has 1 N–H and O–H groups in total. The lowest BCUT2D eigenvalue weighted by molar-refractivity contribution is 0.0792. The molecular formula is C20H23N3O4S3. The van der Waals surface area contributed by atoms with Crippen molar-refractivity contribution in [3.63, 3.8) is 0 Å². The van der Waals surface area contributed by atoms with Gasteiger partial charge in [0.05, 0.1) is 0 Å². The van der Waals surface area contributed by atoms with E-state index in [9.17, 15) is 18.0 Å². The van der Waals surface area contributed by atoms with E-state index < -0.39 is 15.9 Å². The van der Waals surface area contributed by atoms with Crippen LogP contribution in [0.25, 0.3) is 0 Å². The molecule has 0 unspecified atom stereocenters. The summed E-state index contributed by atoms with van der Waals surface area (Å²) in [5, 5.41) is 4.38. The highest BCUT2D eigenvalue weighted by Crippen LogP contribution is 2.28. The zero-order valence-corrected chi connectivity index (χ0v) is 18.8. The van der Waals surface area contributed by atoms with Gasteiger partial charge < -0.3 is 10.2 Å². The van der Waals surface area contributed by atoms with Gasteiger partial charge in [-0.3, -0.25) is 9.59 Å². The van der Waals surface area contributed by atoms with Gasteiger partial charge in [-0.2, -0.15) is 16.1 Å². The Bertz CT molecular complexity index is 1020. The van der Waals surface area contributed by atoms with E-state index in [1.165, 1.54) is 10.4 Å². The zero-order valence-electron chi connectivity index (χ0n) is 16.4. The van der Waals surface area contributed by atoms with E-state index in [2.05, 4.69) is 5.32 Å². The highest BCUT2D eigenvalue weighted by Gasteiger charge is 2.31. The van der Waals surface area contributed by atoms with Crippen molar-refractivity contribution in [3.05, 3.63) is 46.2 Å². The van der Waals surface area contributed by atoms with Gasteiger partial charge in [-0.15, -0.1) is 11.3 Å². The molecule has 3 heterocycles. The maximum atomic E-state index is 13.0. The van der Waals surface area contributed by atoms with Crippen LogP contribution in [0.15, 0.2) is 40.6 Å². The molecular weight excluding hydrogens is 442 g/mol. The molecule has 0 bridgehead atoms. The maximum Gasteiger partial charge on any atom is 0.267 e. The topological polar surface area (TPSA) is 86.8 Å². The fourth-order valence-corrected chi connectivity index (χ4v) is 7.45. The van der Waals surface area contributed by atoms with Crippen LogP contribution in [0.1, 0.15) is 32.9 Å². The largest absolute Gasteiger partial charge is 0.339 e. The molecule has 2 saturated heterocycles. The third-order valence-electron chi connectivity index (χ3n) is 5.21. The van der Waals surface area contributed by atoms with Gasteiger partial charge in [0.2, 0.25) is 10.0 Å². The van der Waals surface area contributed by atoms with Crippen LogP contribution < -0.4 is 5.32 Å². The van der Waals surface area contributed by atoms with Gasteiger partial charge >= 0.3 is 0 Å². The second-order valence-corrected chi connectivity index (χ2v) is 11.2. The van der Waals surface area contributed by atoms with Crippen LogP contribution in [0.2, 0.25) is 0 Å². The van der Waals surface area contributed by atoms with Gasteiger partial charge in [-0.25, -0.2) is 8.42 Å². The molecule has 0 saturated carbocycles. The lowest BCUT2D eigenvalue weighted by Gasteiger charge is -2.25. The summed E-state index contributed by atoms with van der Waals surface area (Å²) < 4.78 is 27.4. The number of rotatable bonds is 5. The molecule has 4 rings (SSSR count). The Labute approximate surface area is 184 Å². The Hall–Kier alpha value is -1.88. The number of hydrogen-bond donors (Lipinski definition) is 1. The zero-order chi connectivity index (χ0) is 21.1. The van der Waals surface area contributed by atoms with Crippen molar-refractivity contribution < 1.29 is 18.0 Å². The number of anilines is 1. The minimum atomic E-state index is -3.69. The van der Waals surface area contributed by atoms with E-state index >= 15 is 0 Å². The number of thiophene rings is 1. The molecule has 2 aliphatic rings. The fourth-order valence-electron chi connectivity index (χ4n) is 3.58. The molecule has 2 aromatic rings. The van der Waals surface area contributed by atoms with Crippen LogP contribution in [-0.4, -0.2) is 67.1 Å². The van der Waals surface area contributed by atoms with Crippen molar-refractivity contribution in [1.82, 2.24) is 9.21 Å². The fraction of sp³-hybridized carbons (Fsp3) is 0.400. The molecule has 7 nitrogen and oxygen atoms in total. The maximum absolute atomic E-state index is 13.0. The van der Waals surface area contributed by atoms with Crippen molar-refractivity contribution in [1.29, 1.82) is 0 Å². The third kappa shape index (κ3) is 4.41. The van der Waals surface area contributed by atoms with Gasteiger partial charge in [0, 0.05) is 48.9 Å². The Morgan fingerprint density at radius 2 is 1.60 bits per heavy atom. The van der Waals surface area contributed by atoms with Gasteiger partial charge in [0.15, 0.2) is 0 Å². The summed E-state index contributed by atoms with van der Waals surface area (Å²) in [5.41, 5.74) is 1.10. The summed E-state index contributed by atoms with van der Waals surface area (Å²) in [4.78, 5) is 27.3. The molecule has 2 fully saturated rings. The Morgan fingerprint density at radius 1 is 0.933 bits per heavy atom. The normalized spacial score (nSPS) is 17.8. The average molecular weight is 466 g/mol. The molecule has 0 atom stereocenters. The molecule has 0 aliphatic carbocycles. The first kappa shape index (κ1) is 21.4. The van der Waals surface area contributed by atoms with Crippen molar-refractivity contribution in [2.45, 2.75) is 17.7 Å². The predicted molar refractivity (Wildman–Crippen MR) is 120 cm³/mol. The van der Waals surface area contributed by atoms with Gasteiger partial charge in [-0.05, 0) is 48.6 Å². The molecule has 10 heteroatoms. The monoisotopic (exact) mass is 465 g/mol. The number of carbonyl (C=O) groups is 2. The third-order valence-corrected chi connectivity index (χ3v) is 9.13. The van der Waals surface area contributed by atoms with Crippen LogP contribution in [0, 0.1) is 0 Å². The number of nitrogens with zero attached hydrogens (tertiary/aromatic N) is 2. The SMILES string of the molecule is O=C(Nc1ccc(C(=O)N2CCCC2)cc1)c1sccc1S(=O)(=O)N1CCSCC1. The quantitative estimate of drug-likeness (QED) is 0.734. The highest BCUT2D eigenvalue weighted by molar-refractivity contribution is 7.99. The van der Waals surface area contributed by atoms with Crippen LogP contribution in [0.4, 0.5) is 5.69 Å². The first-order valence-electron chi connectivity index (χ1n) is 9.83. The number of hydrogen-bond acceptors (Lipinski definition) is 6. The number of amides is 2. The number of thioether (sulfide) groups is 1. The van der Waals surface area contributed by atoms with Crippen LogP contribution in [0.5, 0.6) is 0 Å². The van der Waals surface area contributed by atoms with Crippen molar-refractivity contribution in [2.24, 2.45) is 0 Å². The van der Waals surface area contributed by atoms with E-state index in [-0.39, 0.29) is 15.7 Å². The standard InChI is InChI=1S/C20H23N3O4S3/c24-19(18-17(7-12-29-18)30(26,27)23-10-13-28-14-11-23)21-16-5-3-15(4-6-16)20(25)22-8-1-2-9-22/h3-7,12H,1-2,8-11,13-14H2,(H,21,24). The van der Waals surface area contributed by atoms with Gasteiger partial charge in [-0.1, -0.05) is 0 Å². The van der Waals surface area contributed by atoms with E-state index in [0.29, 0.717) is 24.3 Å². The van der Waals surface area contributed by atoms with E-state index in [4.69, 9.17) is 0 Å². The number of carbonyl (C=O) groups excluding carboxylic acids is 2. The van der Waals surface area contributed by atoms with Crippen molar-refractivity contribution >= 4 is 50.6 Å². The summed E-state index contributed by atoms with van der Waals surface area (Å²) in [5.74, 6) is 1.05. The number of likely N-dealkylation sites (tertiary alicyclic amines) is 1. The molecule has 1 aromatic carbocycles. The molecule has 160 valence electrons. The van der Waals surface area contributed by atoms with Gasteiger partial charge in [0.25, 0.3) is 11.8 Å². The minimum Gasteiger partial charge on any atom is -0.339 e. The molecule has 0 spiro atoms. The summed E-state index contributed by atoms with van der Waals surface area (Å²) in [6, 6.07) is 8.21. The highest BCUT2D eigenvalue weighted by atomic mass is 32.2. The van der Waals surface area contributed by atoms with E-state index in [1.54, 1.807) is 41.4 Å². The van der Waals surface area contributed by atoms with Crippen LogP contribution in [0.3, 0.4) is 0 Å². The molecule has 2 amide bonds. The first-order valence-corrected chi connectivity index (χ1v) is 13.3. The second-order valence-electron chi connectivity index (χ2n) is 7.16. The minimum absolute atomic E-state index is 0.00305. The summed E-state index contributed by atoms with van der Waals surface area (Å²) in [6.45, 7) is 2.47. The summed E-state index contributed by atoms with van der Waals surface area (Å²) in [6.07, 6.45) is 2.06. The van der Waals surface area contributed by atoms with Crippen molar-refractivity contribution in [2.75, 3.05) is 43.0 Å². The average Bonchev–Trinajstić information content (AvgIpc) is 3.47. The predicted octanol–water partition coefficient (Wildman–Crippen LogP) is 2.97. The van der Waals surface area contributed by atoms with Crippen LogP contribution in [-0.2, 0) is 10.0 Å². The van der Waals surface area contributed by atoms with Gasteiger partial charge in [0.1, 0.15) is 9.77 Å². The Morgan fingerprint density at radius 3 is 2.27 bits per heavy atom. The molecule has 1 aromatic heterocycles. The summed E-state index contributed by atoms with van der Waals surface area (Å²) in [7, 11) is -3.69. The molecule has 0 radical (unpaired) electrons.